The van der Waals surface area contributed by atoms with Crippen molar-refractivity contribution in [3.05, 3.63) is 23.9 Å². The molecule has 0 radical (unpaired) electrons. The van der Waals surface area contributed by atoms with Gasteiger partial charge in [0.15, 0.2) is 5.96 Å². The van der Waals surface area contributed by atoms with E-state index in [1.54, 1.807) is 7.05 Å². The van der Waals surface area contributed by atoms with E-state index in [1.165, 1.54) is 0 Å². The molecule has 1 aromatic rings. The lowest BCUT2D eigenvalue weighted by atomic mass is 9.93. The van der Waals surface area contributed by atoms with Crippen LogP contribution >= 0.6 is 24.0 Å². The van der Waals surface area contributed by atoms with Crippen LogP contribution < -0.4 is 15.5 Å². The standard InChI is InChI=1S/C19H32N6O.HI/c1-5-21-19(23-14-16-6-9-22-17(12-16)24(3)4)25-10-7-15(8-11-25)13-18(26)20-2;/h6,9,12,15H,5,7-8,10-11,13-14H2,1-4H3,(H,20,26)(H,21,23);1H. The zero-order chi connectivity index (χ0) is 18.9. The van der Waals surface area contributed by atoms with Gasteiger partial charge in [-0.2, -0.15) is 0 Å². The fraction of sp³-hybridized carbons (Fsp3) is 0.632. The third kappa shape index (κ3) is 7.51. The number of guanidine groups is 1. The molecule has 2 heterocycles. The molecule has 0 aliphatic carbocycles. The Kier molecular flexibility index (Phi) is 10.4. The third-order valence-corrected chi connectivity index (χ3v) is 4.68. The molecule has 0 saturated carbocycles. The fourth-order valence-corrected chi connectivity index (χ4v) is 3.11. The number of hydrogen-bond acceptors (Lipinski definition) is 4. The molecule has 7 nitrogen and oxygen atoms in total. The second-order valence-corrected chi connectivity index (χ2v) is 6.89. The summed E-state index contributed by atoms with van der Waals surface area (Å²) >= 11 is 0. The van der Waals surface area contributed by atoms with E-state index in [1.807, 2.05) is 31.3 Å². The SMILES string of the molecule is CCNC(=NCc1ccnc(N(C)C)c1)N1CCC(CC(=O)NC)CC1.I. The first kappa shape index (κ1) is 23.5. The Hall–Kier alpha value is -1.58. The number of carbonyl (C=O) groups is 1. The number of anilines is 1. The van der Waals surface area contributed by atoms with E-state index in [0.717, 1.165) is 49.8 Å². The normalized spacial score (nSPS) is 15.1. The Morgan fingerprint density at radius 2 is 2.07 bits per heavy atom. The molecule has 0 bridgehead atoms. The van der Waals surface area contributed by atoms with Gasteiger partial charge < -0.3 is 20.4 Å². The van der Waals surface area contributed by atoms with Gasteiger partial charge in [0.05, 0.1) is 6.54 Å². The number of pyridine rings is 1. The van der Waals surface area contributed by atoms with E-state index in [4.69, 9.17) is 4.99 Å². The topological polar surface area (TPSA) is 72.9 Å². The van der Waals surface area contributed by atoms with E-state index in [2.05, 4.69) is 33.5 Å². The van der Waals surface area contributed by atoms with Gasteiger partial charge in [0.25, 0.3) is 0 Å². The van der Waals surface area contributed by atoms with Crippen molar-refractivity contribution < 1.29 is 4.79 Å². The van der Waals surface area contributed by atoms with E-state index in [-0.39, 0.29) is 29.9 Å². The van der Waals surface area contributed by atoms with Gasteiger partial charge >= 0.3 is 0 Å². The lowest BCUT2D eigenvalue weighted by Gasteiger charge is -2.34. The first-order valence-corrected chi connectivity index (χ1v) is 9.39. The molecule has 1 amide bonds. The molecular weight excluding hydrogens is 455 g/mol. The average molecular weight is 488 g/mol. The average Bonchev–Trinajstić information content (AvgIpc) is 2.66. The third-order valence-electron chi connectivity index (χ3n) is 4.68. The summed E-state index contributed by atoms with van der Waals surface area (Å²) in [7, 11) is 5.68. The second-order valence-electron chi connectivity index (χ2n) is 6.89. The highest BCUT2D eigenvalue weighted by atomic mass is 127. The molecule has 1 fully saturated rings. The summed E-state index contributed by atoms with van der Waals surface area (Å²) in [5.74, 6) is 2.50. The summed E-state index contributed by atoms with van der Waals surface area (Å²) in [4.78, 5) is 25.0. The van der Waals surface area contributed by atoms with Crippen LogP contribution in [0, 0.1) is 5.92 Å². The first-order chi connectivity index (χ1) is 12.5. The maximum atomic E-state index is 11.6. The summed E-state index contributed by atoms with van der Waals surface area (Å²) < 4.78 is 0. The van der Waals surface area contributed by atoms with Crippen LogP contribution in [0.2, 0.25) is 0 Å². The molecule has 8 heteroatoms. The van der Waals surface area contributed by atoms with Gasteiger partial charge in [-0.3, -0.25) is 4.79 Å². The Morgan fingerprint density at radius 3 is 2.67 bits per heavy atom. The summed E-state index contributed by atoms with van der Waals surface area (Å²) in [6, 6.07) is 4.08. The van der Waals surface area contributed by atoms with Crippen molar-refractivity contribution in [2.45, 2.75) is 32.7 Å². The van der Waals surface area contributed by atoms with Crippen LogP contribution in [0.1, 0.15) is 31.7 Å². The summed E-state index contributed by atoms with van der Waals surface area (Å²) in [6.45, 7) is 5.43. The lowest BCUT2D eigenvalue weighted by Crippen LogP contribution is -2.46. The molecule has 0 atom stereocenters. The predicted octanol–water partition coefficient (Wildman–Crippen LogP) is 2.08. The van der Waals surface area contributed by atoms with Crippen molar-refractivity contribution in [2.75, 3.05) is 45.7 Å². The van der Waals surface area contributed by atoms with Crippen molar-refractivity contribution in [2.24, 2.45) is 10.9 Å². The highest BCUT2D eigenvalue weighted by molar-refractivity contribution is 14.0. The molecule has 1 aromatic heterocycles. The number of likely N-dealkylation sites (tertiary alicyclic amines) is 1. The fourth-order valence-electron chi connectivity index (χ4n) is 3.11. The van der Waals surface area contributed by atoms with Crippen LogP contribution in [0.25, 0.3) is 0 Å². The number of nitrogens with one attached hydrogen (secondary N) is 2. The minimum absolute atomic E-state index is 0. The van der Waals surface area contributed by atoms with Gasteiger partial charge in [-0.05, 0) is 43.4 Å². The molecule has 152 valence electrons. The maximum Gasteiger partial charge on any atom is 0.220 e. The number of rotatable bonds is 6. The van der Waals surface area contributed by atoms with Crippen LogP contribution in [0.4, 0.5) is 5.82 Å². The Balaban J connectivity index is 0.00000364. The minimum Gasteiger partial charge on any atom is -0.363 e. The highest BCUT2D eigenvalue weighted by Crippen LogP contribution is 2.20. The molecule has 0 unspecified atom stereocenters. The van der Waals surface area contributed by atoms with E-state index in [9.17, 15) is 4.79 Å². The quantitative estimate of drug-likeness (QED) is 0.365. The van der Waals surface area contributed by atoms with Gasteiger partial charge in [-0.15, -0.1) is 24.0 Å². The number of carbonyl (C=O) groups excluding carboxylic acids is 1. The molecule has 0 spiro atoms. The van der Waals surface area contributed by atoms with Gasteiger partial charge in [0, 0.05) is 53.4 Å². The Bertz CT molecular complexity index is 614. The molecule has 1 aliphatic heterocycles. The van der Waals surface area contributed by atoms with Gasteiger partial charge in [-0.25, -0.2) is 9.98 Å². The molecule has 1 aliphatic rings. The molecule has 2 N–H and O–H groups in total. The predicted molar refractivity (Wildman–Crippen MR) is 122 cm³/mol. The lowest BCUT2D eigenvalue weighted by molar-refractivity contribution is -0.121. The minimum atomic E-state index is 0. The van der Waals surface area contributed by atoms with Crippen LogP contribution in [0.15, 0.2) is 23.3 Å². The smallest absolute Gasteiger partial charge is 0.220 e. The molecule has 0 aromatic carbocycles. The summed E-state index contributed by atoms with van der Waals surface area (Å²) in [5, 5.41) is 6.12. The van der Waals surface area contributed by atoms with E-state index in [0.29, 0.717) is 18.9 Å². The maximum absolute atomic E-state index is 11.6. The number of aromatic nitrogens is 1. The van der Waals surface area contributed by atoms with E-state index < -0.39 is 0 Å². The van der Waals surface area contributed by atoms with Crippen LogP contribution in [-0.2, 0) is 11.3 Å². The number of hydrogen-bond donors (Lipinski definition) is 2. The van der Waals surface area contributed by atoms with Gasteiger partial charge in [0.1, 0.15) is 5.82 Å². The number of halogens is 1. The molecule has 27 heavy (non-hydrogen) atoms. The van der Waals surface area contributed by atoms with Crippen molar-refractivity contribution >= 4 is 41.7 Å². The monoisotopic (exact) mass is 488 g/mol. The number of nitrogens with zero attached hydrogens (tertiary/aromatic N) is 4. The number of aliphatic imine (C=N–C) groups is 1. The Morgan fingerprint density at radius 1 is 1.37 bits per heavy atom. The zero-order valence-electron chi connectivity index (χ0n) is 16.9. The zero-order valence-corrected chi connectivity index (χ0v) is 19.2. The molecule has 2 rings (SSSR count). The van der Waals surface area contributed by atoms with Crippen LogP contribution in [-0.4, -0.2) is 62.5 Å². The number of piperidine rings is 1. The van der Waals surface area contributed by atoms with Crippen LogP contribution in [0.5, 0.6) is 0 Å². The van der Waals surface area contributed by atoms with Crippen molar-refractivity contribution in [3.63, 3.8) is 0 Å². The van der Waals surface area contributed by atoms with Gasteiger partial charge in [0.2, 0.25) is 5.91 Å². The first-order valence-electron chi connectivity index (χ1n) is 9.39. The molecule has 1 saturated heterocycles. The number of amides is 1. The largest absolute Gasteiger partial charge is 0.363 e. The summed E-state index contributed by atoms with van der Waals surface area (Å²) in [6.07, 6.45) is 4.51. The highest BCUT2D eigenvalue weighted by Gasteiger charge is 2.23. The van der Waals surface area contributed by atoms with Gasteiger partial charge in [-0.1, -0.05) is 0 Å². The van der Waals surface area contributed by atoms with E-state index >= 15 is 0 Å². The van der Waals surface area contributed by atoms with Crippen molar-refractivity contribution in [3.8, 4) is 0 Å². The molecular formula is C19H33IN6O. The van der Waals surface area contributed by atoms with Crippen molar-refractivity contribution in [1.29, 1.82) is 0 Å². The van der Waals surface area contributed by atoms with Crippen molar-refractivity contribution in [1.82, 2.24) is 20.5 Å². The second kappa shape index (κ2) is 12.0. The van der Waals surface area contributed by atoms with Crippen LogP contribution in [0.3, 0.4) is 0 Å². The Labute approximate surface area is 180 Å². The summed E-state index contributed by atoms with van der Waals surface area (Å²) in [5.41, 5.74) is 1.15.